The maximum atomic E-state index is 4.43. The highest BCUT2D eigenvalue weighted by Gasteiger charge is 2.33. The summed E-state index contributed by atoms with van der Waals surface area (Å²) >= 11 is 0. The summed E-state index contributed by atoms with van der Waals surface area (Å²) in [6.07, 6.45) is 11.6. The maximum absolute atomic E-state index is 4.43. The molecule has 20 heavy (non-hydrogen) atoms. The predicted molar refractivity (Wildman–Crippen MR) is 85.3 cm³/mol. The zero-order valence-corrected chi connectivity index (χ0v) is 12.6. The smallest absolute Gasteiger partial charge is 0.127 e. The molecule has 1 aliphatic carbocycles. The molecule has 1 unspecified atom stereocenters. The van der Waals surface area contributed by atoms with Gasteiger partial charge in [0.2, 0.25) is 0 Å². The number of hydrogen-bond donors (Lipinski definition) is 1. The van der Waals surface area contributed by atoms with E-state index in [0.29, 0.717) is 0 Å². The van der Waals surface area contributed by atoms with Crippen LogP contribution >= 0.6 is 0 Å². The monoisotopic (exact) mass is 273 g/mol. The number of rotatable bonds is 5. The van der Waals surface area contributed by atoms with Gasteiger partial charge >= 0.3 is 0 Å². The van der Waals surface area contributed by atoms with Gasteiger partial charge < -0.3 is 10.2 Å². The van der Waals surface area contributed by atoms with Crippen molar-refractivity contribution in [3.8, 4) is 0 Å². The molecule has 2 fully saturated rings. The number of nitrogens with one attached hydrogen (secondary N) is 1. The summed E-state index contributed by atoms with van der Waals surface area (Å²) in [6, 6.07) is 5.20. The minimum atomic E-state index is 0.777. The molecule has 3 nitrogen and oxygen atoms in total. The van der Waals surface area contributed by atoms with Crippen molar-refractivity contribution in [1.29, 1.82) is 0 Å². The van der Waals surface area contributed by atoms with Gasteiger partial charge in [-0.1, -0.05) is 19.8 Å². The molecule has 1 saturated carbocycles. The second-order valence-corrected chi connectivity index (χ2v) is 6.27. The van der Waals surface area contributed by atoms with Crippen LogP contribution in [0.1, 0.15) is 51.9 Å². The van der Waals surface area contributed by atoms with Crippen LogP contribution in [0.3, 0.4) is 0 Å². The zero-order chi connectivity index (χ0) is 13.8. The zero-order valence-electron chi connectivity index (χ0n) is 12.6. The lowest BCUT2D eigenvalue weighted by Gasteiger charge is -2.31. The second kappa shape index (κ2) is 6.47. The van der Waals surface area contributed by atoms with Gasteiger partial charge in [-0.3, -0.25) is 0 Å². The third-order valence-corrected chi connectivity index (χ3v) is 4.87. The standard InChI is InChI=1S/C17H27N3/c1-2-10-18-17-13-15(9-11-19-17)20-12-5-8-16(20)14-6-3-4-7-14/h9,11,13-14,16H,2-8,10,12H2,1H3,(H,18,19). The van der Waals surface area contributed by atoms with Crippen molar-refractivity contribution in [2.45, 2.75) is 57.9 Å². The first-order valence-corrected chi connectivity index (χ1v) is 8.35. The molecule has 3 rings (SSSR count). The number of nitrogens with zero attached hydrogens (tertiary/aromatic N) is 2. The van der Waals surface area contributed by atoms with Crippen LogP contribution in [0.5, 0.6) is 0 Å². The Kier molecular flexibility index (Phi) is 4.44. The van der Waals surface area contributed by atoms with E-state index in [0.717, 1.165) is 30.7 Å². The van der Waals surface area contributed by atoms with Gasteiger partial charge in [0.1, 0.15) is 5.82 Å². The molecule has 2 aliphatic rings. The second-order valence-electron chi connectivity index (χ2n) is 6.27. The summed E-state index contributed by atoms with van der Waals surface area (Å²) in [5, 5.41) is 3.40. The molecule has 1 N–H and O–H groups in total. The van der Waals surface area contributed by atoms with E-state index in [9.17, 15) is 0 Å². The van der Waals surface area contributed by atoms with Gasteiger partial charge in [-0.05, 0) is 44.1 Å². The molecular weight excluding hydrogens is 246 g/mol. The quantitative estimate of drug-likeness (QED) is 0.876. The average Bonchev–Trinajstić information content (AvgIpc) is 3.15. The topological polar surface area (TPSA) is 28.2 Å². The highest BCUT2D eigenvalue weighted by atomic mass is 15.2. The molecule has 2 heterocycles. The fraction of sp³-hybridized carbons (Fsp3) is 0.706. The van der Waals surface area contributed by atoms with Crippen LogP contribution in [0.15, 0.2) is 18.3 Å². The molecule has 1 aromatic heterocycles. The number of pyridine rings is 1. The van der Waals surface area contributed by atoms with Gasteiger partial charge in [-0.25, -0.2) is 4.98 Å². The van der Waals surface area contributed by atoms with Crippen LogP contribution in [-0.4, -0.2) is 24.1 Å². The molecular formula is C17H27N3. The van der Waals surface area contributed by atoms with Crippen molar-refractivity contribution in [1.82, 2.24) is 4.98 Å². The number of anilines is 2. The fourth-order valence-corrected chi connectivity index (χ4v) is 3.89. The SMILES string of the molecule is CCCNc1cc(N2CCCC2C2CCCC2)ccn1. The summed E-state index contributed by atoms with van der Waals surface area (Å²) in [7, 11) is 0. The Bertz CT molecular complexity index is 426. The van der Waals surface area contributed by atoms with Gasteiger partial charge in [-0.15, -0.1) is 0 Å². The van der Waals surface area contributed by atoms with E-state index >= 15 is 0 Å². The Morgan fingerprint density at radius 2 is 2.10 bits per heavy atom. The normalized spacial score (nSPS) is 23.4. The Balaban J connectivity index is 1.73. The lowest BCUT2D eigenvalue weighted by atomic mass is 9.96. The molecule has 1 atom stereocenters. The molecule has 1 saturated heterocycles. The summed E-state index contributed by atoms with van der Waals surface area (Å²) in [5.41, 5.74) is 1.37. The third-order valence-electron chi connectivity index (χ3n) is 4.87. The van der Waals surface area contributed by atoms with E-state index in [4.69, 9.17) is 0 Å². The molecule has 3 heteroatoms. The Morgan fingerprint density at radius 3 is 2.90 bits per heavy atom. The van der Waals surface area contributed by atoms with Gasteiger partial charge in [0, 0.05) is 37.1 Å². The third kappa shape index (κ3) is 2.92. The minimum absolute atomic E-state index is 0.777. The highest BCUT2D eigenvalue weighted by molar-refractivity contribution is 5.55. The first kappa shape index (κ1) is 13.7. The van der Waals surface area contributed by atoms with Crippen LogP contribution < -0.4 is 10.2 Å². The molecule has 0 spiro atoms. The first-order valence-electron chi connectivity index (χ1n) is 8.35. The Labute approximate surface area is 122 Å². The maximum Gasteiger partial charge on any atom is 0.127 e. The van der Waals surface area contributed by atoms with Crippen molar-refractivity contribution in [2.24, 2.45) is 5.92 Å². The van der Waals surface area contributed by atoms with E-state index in [2.05, 4.69) is 34.3 Å². The van der Waals surface area contributed by atoms with E-state index in [-0.39, 0.29) is 0 Å². The lowest BCUT2D eigenvalue weighted by Crippen LogP contribution is -2.34. The number of aromatic nitrogens is 1. The molecule has 1 aliphatic heterocycles. The predicted octanol–water partition coefficient (Wildman–Crippen LogP) is 4.06. The molecule has 0 aromatic carbocycles. The van der Waals surface area contributed by atoms with Crippen LogP contribution in [-0.2, 0) is 0 Å². The summed E-state index contributed by atoms with van der Waals surface area (Å²) in [5.74, 6) is 1.96. The van der Waals surface area contributed by atoms with E-state index in [1.807, 2.05) is 6.20 Å². The van der Waals surface area contributed by atoms with Gasteiger partial charge in [0.25, 0.3) is 0 Å². The molecule has 0 radical (unpaired) electrons. The molecule has 0 bridgehead atoms. The number of hydrogen-bond acceptors (Lipinski definition) is 3. The van der Waals surface area contributed by atoms with Gasteiger partial charge in [-0.2, -0.15) is 0 Å². The van der Waals surface area contributed by atoms with Gasteiger partial charge in [0.05, 0.1) is 0 Å². The van der Waals surface area contributed by atoms with Crippen molar-refractivity contribution in [3.63, 3.8) is 0 Å². The van der Waals surface area contributed by atoms with Gasteiger partial charge in [0.15, 0.2) is 0 Å². The molecule has 1 aromatic rings. The fourth-order valence-electron chi connectivity index (χ4n) is 3.89. The average molecular weight is 273 g/mol. The van der Waals surface area contributed by atoms with Crippen molar-refractivity contribution in [3.05, 3.63) is 18.3 Å². The summed E-state index contributed by atoms with van der Waals surface area (Å²) in [6.45, 7) is 4.41. The molecule has 110 valence electrons. The minimum Gasteiger partial charge on any atom is -0.370 e. The largest absolute Gasteiger partial charge is 0.370 e. The first-order chi connectivity index (χ1) is 9.88. The summed E-state index contributed by atoms with van der Waals surface area (Å²) in [4.78, 5) is 7.08. The Hall–Kier alpha value is -1.25. The van der Waals surface area contributed by atoms with Crippen molar-refractivity contribution >= 4 is 11.5 Å². The van der Waals surface area contributed by atoms with Crippen LogP contribution in [0.25, 0.3) is 0 Å². The van der Waals surface area contributed by atoms with Crippen LogP contribution in [0.4, 0.5) is 11.5 Å². The Morgan fingerprint density at radius 1 is 1.25 bits per heavy atom. The van der Waals surface area contributed by atoms with E-state index < -0.39 is 0 Å². The van der Waals surface area contributed by atoms with E-state index in [1.54, 1.807) is 0 Å². The van der Waals surface area contributed by atoms with Crippen molar-refractivity contribution in [2.75, 3.05) is 23.3 Å². The highest BCUT2D eigenvalue weighted by Crippen LogP contribution is 2.37. The van der Waals surface area contributed by atoms with Crippen LogP contribution in [0, 0.1) is 5.92 Å². The molecule has 0 amide bonds. The lowest BCUT2D eigenvalue weighted by molar-refractivity contribution is 0.431. The van der Waals surface area contributed by atoms with E-state index in [1.165, 1.54) is 50.8 Å². The van der Waals surface area contributed by atoms with Crippen LogP contribution in [0.2, 0.25) is 0 Å². The summed E-state index contributed by atoms with van der Waals surface area (Å²) < 4.78 is 0. The van der Waals surface area contributed by atoms with Crippen molar-refractivity contribution < 1.29 is 0 Å².